The first kappa shape index (κ1) is 15.8. The van der Waals surface area contributed by atoms with Gasteiger partial charge in [-0.3, -0.25) is 5.41 Å². The van der Waals surface area contributed by atoms with Crippen molar-refractivity contribution in [1.29, 1.82) is 5.41 Å². The Kier molecular flexibility index (Phi) is 6.62. The van der Waals surface area contributed by atoms with Gasteiger partial charge in [-0.25, -0.2) is 4.79 Å². The molecule has 1 heterocycles. The van der Waals surface area contributed by atoms with Crippen molar-refractivity contribution >= 4 is 11.9 Å². The van der Waals surface area contributed by atoms with Crippen LogP contribution in [0.5, 0.6) is 0 Å². The molecule has 2 amide bonds. The first-order chi connectivity index (χ1) is 9.04. The van der Waals surface area contributed by atoms with Crippen molar-refractivity contribution in [1.82, 2.24) is 9.80 Å². The number of rotatable bonds is 6. The minimum absolute atomic E-state index is 0.0465. The number of nitrogens with one attached hydrogen (secondary N) is 1. The van der Waals surface area contributed by atoms with Crippen molar-refractivity contribution in [3.05, 3.63) is 0 Å². The van der Waals surface area contributed by atoms with Crippen LogP contribution in [0.1, 0.15) is 26.2 Å². The van der Waals surface area contributed by atoms with Gasteiger partial charge in [0.15, 0.2) is 0 Å². The predicted molar refractivity (Wildman–Crippen MR) is 75.3 cm³/mol. The van der Waals surface area contributed by atoms with E-state index >= 15 is 0 Å². The average molecular weight is 270 g/mol. The van der Waals surface area contributed by atoms with Crippen molar-refractivity contribution in [2.75, 3.05) is 39.9 Å². The van der Waals surface area contributed by atoms with Crippen molar-refractivity contribution in [2.45, 2.75) is 26.2 Å². The normalized spacial score (nSPS) is 16.4. The van der Waals surface area contributed by atoms with Crippen LogP contribution >= 0.6 is 0 Å². The molecule has 0 atom stereocenters. The molecule has 6 nitrogen and oxygen atoms in total. The van der Waals surface area contributed by atoms with E-state index < -0.39 is 0 Å². The van der Waals surface area contributed by atoms with Crippen LogP contribution in [-0.4, -0.2) is 61.6 Å². The second-order valence-electron chi connectivity index (χ2n) is 5.21. The van der Waals surface area contributed by atoms with Gasteiger partial charge in [-0.15, -0.1) is 0 Å². The molecule has 1 aliphatic rings. The van der Waals surface area contributed by atoms with Gasteiger partial charge in [-0.05, 0) is 18.8 Å². The number of nitrogens with zero attached hydrogens (tertiary/aromatic N) is 2. The molecule has 6 heteroatoms. The Morgan fingerprint density at radius 2 is 2.05 bits per heavy atom. The van der Waals surface area contributed by atoms with Gasteiger partial charge >= 0.3 is 6.03 Å². The van der Waals surface area contributed by atoms with Crippen LogP contribution < -0.4 is 5.73 Å². The lowest BCUT2D eigenvalue weighted by Crippen LogP contribution is -2.48. The quantitative estimate of drug-likeness (QED) is 0.560. The van der Waals surface area contributed by atoms with E-state index in [2.05, 4.69) is 6.92 Å². The van der Waals surface area contributed by atoms with Crippen molar-refractivity contribution in [3.8, 4) is 0 Å². The number of urea groups is 1. The Labute approximate surface area is 115 Å². The maximum atomic E-state index is 12.4. The topological polar surface area (TPSA) is 82.6 Å². The summed E-state index contributed by atoms with van der Waals surface area (Å²) in [5, 5.41) is 7.27. The maximum Gasteiger partial charge on any atom is 0.320 e. The fourth-order valence-corrected chi connectivity index (χ4v) is 2.16. The Balaban J connectivity index is 2.51. The third-order valence-corrected chi connectivity index (χ3v) is 3.54. The lowest BCUT2D eigenvalue weighted by molar-refractivity contribution is 0.115. The Hall–Kier alpha value is -1.30. The Bertz CT molecular complexity index is 301. The fraction of sp³-hybridized carbons (Fsp3) is 0.846. The van der Waals surface area contributed by atoms with E-state index in [1.54, 1.807) is 12.0 Å². The monoisotopic (exact) mass is 270 g/mol. The SMILES string of the molecule is COCCN(CCC(=N)N)C(=O)N1CCC(C)CC1. The number of methoxy groups -OCH3 is 1. The molecule has 0 aromatic rings. The van der Waals surface area contributed by atoms with E-state index in [9.17, 15) is 4.79 Å². The molecular weight excluding hydrogens is 244 g/mol. The average Bonchev–Trinajstić information content (AvgIpc) is 2.39. The molecule has 1 fully saturated rings. The maximum absolute atomic E-state index is 12.4. The number of hydrogen-bond donors (Lipinski definition) is 2. The first-order valence-electron chi connectivity index (χ1n) is 6.90. The second-order valence-corrected chi connectivity index (χ2v) is 5.21. The third-order valence-electron chi connectivity index (χ3n) is 3.54. The number of piperidine rings is 1. The highest BCUT2D eigenvalue weighted by molar-refractivity contribution is 5.79. The molecule has 0 aromatic carbocycles. The smallest absolute Gasteiger partial charge is 0.320 e. The molecule has 0 radical (unpaired) electrons. The molecule has 0 aromatic heterocycles. The van der Waals surface area contributed by atoms with Crippen LogP contribution in [0.2, 0.25) is 0 Å². The van der Waals surface area contributed by atoms with Crippen LogP contribution in [0.3, 0.4) is 0 Å². The summed E-state index contributed by atoms with van der Waals surface area (Å²) in [5.74, 6) is 0.816. The summed E-state index contributed by atoms with van der Waals surface area (Å²) in [6, 6.07) is 0.0465. The van der Waals surface area contributed by atoms with Gasteiger partial charge < -0.3 is 20.3 Å². The molecule has 1 saturated heterocycles. The number of carbonyl (C=O) groups excluding carboxylic acids is 1. The number of hydrogen-bond acceptors (Lipinski definition) is 3. The lowest BCUT2D eigenvalue weighted by atomic mass is 9.99. The van der Waals surface area contributed by atoms with Crippen LogP contribution in [0.25, 0.3) is 0 Å². The predicted octanol–water partition coefficient (Wildman–Crippen LogP) is 1.11. The van der Waals surface area contributed by atoms with Crippen LogP contribution in [0.4, 0.5) is 4.79 Å². The van der Waals surface area contributed by atoms with Gasteiger partial charge in [0.2, 0.25) is 0 Å². The number of amides is 2. The largest absolute Gasteiger partial charge is 0.388 e. The molecule has 0 saturated carbocycles. The number of amidine groups is 1. The first-order valence-corrected chi connectivity index (χ1v) is 6.90. The van der Waals surface area contributed by atoms with Crippen LogP contribution in [0, 0.1) is 11.3 Å². The number of carbonyl (C=O) groups is 1. The zero-order valence-corrected chi connectivity index (χ0v) is 12.0. The summed E-state index contributed by atoms with van der Waals surface area (Å²) in [6.07, 6.45) is 2.55. The van der Waals surface area contributed by atoms with Gasteiger partial charge in [0, 0.05) is 39.7 Å². The number of nitrogens with two attached hydrogens (primary N) is 1. The Morgan fingerprint density at radius 1 is 1.42 bits per heavy atom. The van der Waals surface area contributed by atoms with E-state index in [-0.39, 0.29) is 11.9 Å². The lowest BCUT2D eigenvalue weighted by Gasteiger charge is -2.35. The molecule has 1 aliphatic heterocycles. The summed E-state index contributed by atoms with van der Waals surface area (Å²) in [5.41, 5.74) is 5.37. The summed E-state index contributed by atoms with van der Waals surface area (Å²) in [4.78, 5) is 16.0. The number of likely N-dealkylation sites (tertiary alicyclic amines) is 1. The molecule has 0 aliphatic carbocycles. The van der Waals surface area contributed by atoms with Gasteiger partial charge in [-0.1, -0.05) is 6.92 Å². The summed E-state index contributed by atoms with van der Waals surface area (Å²) >= 11 is 0. The van der Waals surface area contributed by atoms with E-state index in [0.717, 1.165) is 25.9 Å². The molecule has 3 N–H and O–H groups in total. The van der Waals surface area contributed by atoms with Gasteiger partial charge in [-0.2, -0.15) is 0 Å². The fourth-order valence-electron chi connectivity index (χ4n) is 2.16. The second kappa shape index (κ2) is 7.99. The highest BCUT2D eigenvalue weighted by Crippen LogP contribution is 2.17. The minimum Gasteiger partial charge on any atom is -0.388 e. The highest BCUT2D eigenvalue weighted by Gasteiger charge is 2.24. The summed E-state index contributed by atoms with van der Waals surface area (Å²) in [6.45, 7) is 5.42. The summed E-state index contributed by atoms with van der Waals surface area (Å²) < 4.78 is 5.04. The van der Waals surface area contributed by atoms with Gasteiger partial charge in [0.05, 0.1) is 12.4 Å². The Morgan fingerprint density at radius 3 is 2.58 bits per heavy atom. The van der Waals surface area contributed by atoms with Crippen LogP contribution in [0.15, 0.2) is 0 Å². The molecule has 110 valence electrons. The molecule has 0 spiro atoms. The zero-order valence-electron chi connectivity index (χ0n) is 12.0. The van der Waals surface area contributed by atoms with Crippen molar-refractivity contribution in [2.24, 2.45) is 11.7 Å². The summed E-state index contributed by atoms with van der Waals surface area (Å²) in [7, 11) is 1.62. The standard InChI is InChI=1S/C13H26N4O2/c1-11-3-6-16(7-4-11)13(18)17(9-10-19-2)8-5-12(14)15/h11H,3-10H2,1-2H3,(H3,14,15). The minimum atomic E-state index is 0.0465. The van der Waals surface area contributed by atoms with E-state index in [0.29, 0.717) is 32.0 Å². The molecule has 1 rings (SSSR count). The van der Waals surface area contributed by atoms with Crippen LogP contribution in [-0.2, 0) is 4.74 Å². The molecule has 0 bridgehead atoms. The third kappa shape index (κ3) is 5.46. The van der Waals surface area contributed by atoms with Crippen molar-refractivity contribution < 1.29 is 9.53 Å². The zero-order chi connectivity index (χ0) is 14.3. The molecule has 0 unspecified atom stereocenters. The molecular formula is C13H26N4O2. The van der Waals surface area contributed by atoms with E-state index in [4.69, 9.17) is 15.9 Å². The van der Waals surface area contributed by atoms with Gasteiger partial charge in [0.1, 0.15) is 0 Å². The van der Waals surface area contributed by atoms with E-state index in [1.165, 1.54) is 0 Å². The van der Waals surface area contributed by atoms with Gasteiger partial charge in [0.25, 0.3) is 0 Å². The van der Waals surface area contributed by atoms with Crippen molar-refractivity contribution in [3.63, 3.8) is 0 Å². The highest BCUT2D eigenvalue weighted by atomic mass is 16.5. The molecule has 19 heavy (non-hydrogen) atoms. The van der Waals surface area contributed by atoms with E-state index in [1.807, 2.05) is 4.90 Å². The number of ether oxygens (including phenoxy) is 1.